The van der Waals surface area contributed by atoms with Crippen molar-refractivity contribution in [1.82, 2.24) is 10.6 Å². The second-order valence-corrected chi connectivity index (χ2v) is 12.1. The smallest absolute Gasteiger partial charge is 0.419 e. The zero-order chi connectivity index (χ0) is 38.1. The summed E-state index contributed by atoms with van der Waals surface area (Å²) in [5, 5.41) is 6.35. The molecule has 52 heavy (non-hydrogen) atoms. The summed E-state index contributed by atoms with van der Waals surface area (Å²) in [7, 11) is 2.90. The predicted octanol–water partition coefficient (Wildman–Crippen LogP) is 8.93. The van der Waals surface area contributed by atoms with E-state index >= 15 is 0 Å². The number of benzene rings is 4. The van der Waals surface area contributed by atoms with Crippen LogP contribution in [-0.2, 0) is 31.4 Å². The van der Waals surface area contributed by atoms with Crippen LogP contribution in [0, 0.1) is 0 Å². The van der Waals surface area contributed by atoms with Gasteiger partial charge >= 0.3 is 24.3 Å². The van der Waals surface area contributed by atoms with Gasteiger partial charge in [-0.1, -0.05) is 47.5 Å². The van der Waals surface area contributed by atoms with Crippen LogP contribution in [0.3, 0.4) is 0 Å². The van der Waals surface area contributed by atoms with Gasteiger partial charge in [-0.2, -0.15) is 26.3 Å². The molecule has 4 atom stereocenters. The monoisotopic (exact) mass is 772 g/mol. The first-order valence-corrected chi connectivity index (χ1v) is 16.3. The van der Waals surface area contributed by atoms with Crippen LogP contribution in [0.25, 0.3) is 0 Å². The standard InChI is InChI=1S/C36H32Cl2F6N2O6/c1-45-31(19-29(21-3-11-25(37)12-4-21)49-27-15-7-23(8-16-27)35(39,40)41)51-33(47)34(48)52-32(46-2)20-30(22-5-13-26(38)14-6-22)50-28-17-9-24(10-18-28)36(42,43)44/h3-18,29-32,45-46H,19-20H2,1-2H3. The number of hydrogen-bond donors (Lipinski definition) is 2. The van der Waals surface area contributed by atoms with Crippen LogP contribution >= 0.6 is 23.2 Å². The molecule has 0 amide bonds. The highest BCUT2D eigenvalue weighted by molar-refractivity contribution is 6.31. The van der Waals surface area contributed by atoms with Gasteiger partial charge < -0.3 is 18.9 Å². The fourth-order valence-electron chi connectivity index (χ4n) is 4.83. The normalized spacial score (nSPS) is 14.1. The van der Waals surface area contributed by atoms with E-state index in [0.717, 1.165) is 48.5 Å². The summed E-state index contributed by atoms with van der Waals surface area (Å²) in [6.45, 7) is 0. The fraction of sp³-hybridized carbons (Fsp3) is 0.278. The zero-order valence-corrected chi connectivity index (χ0v) is 28.9. The lowest BCUT2D eigenvalue weighted by molar-refractivity contribution is -0.177. The molecule has 0 fully saturated rings. The number of carbonyl (C=O) groups is 2. The molecular weight excluding hydrogens is 741 g/mol. The number of ether oxygens (including phenoxy) is 4. The highest BCUT2D eigenvalue weighted by Crippen LogP contribution is 2.34. The van der Waals surface area contributed by atoms with Gasteiger partial charge in [-0.05, 0) is 98.0 Å². The van der Waals surface area contributed by atoms with Crippen molar-refractivity contribution in [1.29, 1.82) is 0 Å². The molecule has 0 aliphatic carbocycles. The average Bonchev–Trinajstić information content (AvgIpc) is 3.10. The van der Waals surface area contributed by atoms with Crippen LogP contribution in [0.1, 0.15) is 47.3 Å². The minimum atomic E-state index is -4.55. The van der Waals surface area contributed by atoms with Gasteiger partial charge in [0.15, 0.2) is 12.5 Å². The molecule has 2 N–H and O–H groups in total. The Morgan fingerprint density at radius 2 is 0.865 bits per heavy atom. The van der Waals surface area contributed by atoms with Crippen molar-refractivity contribution in [3.63, 3.8) is 0 Å². The molecule has 4 aromatic carbocycles. The van der Waals surface area contributed by atoms with Crippen molar-refractivity contribution in [3.05, 3.63) is 129 Å². The lowest BCUT2D eigenvalue weighted by Gasteiger charge is -2.26. The van der Waals surface area contributed by atoms with Crippen molar-refractivity contribution in [2.45, 2.75) is 49.9 Å². The quantitative estimate of drug-likeness (QED) is 0.0568. The van der Waals surface area contributed by atoms with E-state index in [0.29, 0.717) is 21.2 Å². The maximum Gasteiger partial charge on any atom is 0.419 e. The van der Waals surface area contributed by atoms with Crippen molar-refractivity contribution in [3.8, 4) is 11.5 Å². The SMILES string of the molecule is CNC(CC(Oc1ccc(C(F)(F)F)cc1)c1ccc(Cl)cc1)OC(=O)C(=O)OC(CC(Oc1ccc(C(F)(F)F)cc1)c1ccc(Cl)cc1)NC. The summed E-state index contributed by atoms with van der Waals surface area (Å²) >= 11 is 12.0. The number of alkyl halides is 6. The van der Waals surface area contributed by atoms with Crippen LogP contribution in [0.4, 0.5) is 26.3 Å². The van der Waals surface area contributed by atoms with Crippen molar-refractivity contribution in [2.24, 2.45) is 0 Å². The summed E-state index contributed by atoms with van der Waals surface area (Å²) < 4.78 is 101. The van der Waals surface area contributed by atoms with Crippen LogP contribution in [0.5, 0.6) is 11.5 Å². The Morgan fingerprint density at radius 3 is 1.13 bits per heavy atom. The van der Waals surface area contributed by atoms with E-state index in [1.165, 1.54) is 14.1 Å². The Morgan fingerprint density at radius 1 is 0.558 bits per heavy atom. The average molecular weight is 774 g/mol. The second kappa shape index (κ2) is 17.8. The largest absolute Gasteiger partial charge is 0.486 e. The molecule has 0 aromatic heterocycles. The Balaban J connectivity index is 1.45. The first kappa shape index (κ1) is 40.3. The molecule has 0 saturated heterocycles. The van der Waals surface area contributed by atoms with Crippen LogP contribution in [-0.4, -0.2) is 38.5 Å². The second-order valence-electron chi connectivity index (χ2n) is 11.2. The number of hydrogen-bond acceptors (Lipinski definition) is 8. The molecular formula is C36H32Cl2F6N2O6. The minimum absolute atomic E-state index is 0.0964. The number of esters is 2. The third-order valence-corrected chi connectivity index (χ3v) is 8.07. The molecule has 0 aliphatic heterocycles. The summed E-state index contributed by atoms with van der Waals surface area (Å²) in [6, 6.07) is 20.9. The molecule has 0 radical (unpaired) electrons. The molecule has 8 nitrogen and oxygen atoms in total. The van der Waals surface area contributed by atoms with E-state index in [1.807, 2.05) is 0 Å². The minimum Gasteiger partial charge on any atom is -0.486 e. The van der Waals surface area contributed by atoms with Crippen molar-refractivity contribution >= 4 is 35.1 Å². The molecule has 0 bridgehead atoms. The molecule has 0 saturated carbocycles. The Bertz CT molecular complexity index is 1630. The van der Waals surface area contributed by atoms with Gasteiger partial charge in [0.05, 0.1) is 11.1 Å². The van der Waals surface area contributed by atoms with Crippen LogP contribution in [0.2, 0.25) is 10.0 Å². The first-order valence-electron chi connectivity index (χ1n) is 15.5. The van der Waals surface area contributed by atoms with E-state index in [1.54, 1.807) is 48.5 Å². The topological polar surface area (TPSA) is 95.1 Å². The molecule has 0 aliphatic rings. The lowest BCUT2D eigenvalue weighted by atomic mass is 10.1. The summed E-state index contributed by atoms with van der Waals surface area (Å²) in [6.07, 6.45) is -13.4. The molecule has 4 aromatic rings. The molecule has 278 valence electrons. The van der Waals surface area contributed by atoms with Gasteiger partial charge in [0.2, 0.25) is 0 Å². The maximum absolute atomic E-state index is 13.1. The van der Waals surface area contributed by atoms with E-state index in [9.17, 15) is 35.9 Å². The van der Waals surface area contributed by atoms with E-state index in [-0.39, 0.29) is 24.3 Å². The summed E-state index contributed by atoms with van der Waals surface area (Å²) in [5.41, 5.74) is -0.651. The van der Waals surface area contributed by atoms with E-state index in [4.69, 9.17) is 42.1 Å². The third kappa shape index (κ3) is 11.8. The number of carbonyl (C=O) groups excluding carboxylic acids is 2. The van der Waals surface area contributed by atoms with Crippen LogP contribution < -0.4 is 20.1 Å². The molecule has 4 unspecified atom stereocenters. The third-order valence-electron chi connectivity index (χ3n) is 7.57. The lowest BCUT2D eigenvalue weighted by Crippen LogP contribution is -2.40. The summed E-state index contributed by atoms with van der Waals surface area (Å²) in [4.78, 5) is 25.9. The maximum atomic E-state index is 13.1. The van der Waals surface area contributed by atoms with Gasteiger partial charge in [-0.3, -0.25) is 10.6 Å². The van der Waals surface area contributed by atoms with Gasteiger partial charge in [0.25, 0.3) is 0 Å². The van der Waals surface area contributed by atoms with Crippen LogP contribution in [0.15, 0.2) is 97.1 Å². The first-order chi connectivity index (χ1) is 24.5. The summed E-state index contributed by atoms with van der Waals surface area (Å²) in [5.74, 6) is -2.57. The van der Waals surface area contributed by atoms with Gasteiger partial charge in [-0.15, -0.1) is 0 Å². The fourth-order valence-corrected chi connectivity index (χ4v) is 5.08. The van der Waals surface area contributed by atoms with Crippen molar-refractivity contribution in [2.75, 3.05) is 14.1 Å². The van der Waals surface area contributed by atoms with E-state index in [2.05, 4.69) is 10.6 Å². The molecule has 0 heterocycles. The molecule has 16 heteroatoms. The zero-order valence-electron chi connectivity index (χ0n) is 27.4. The highest BCUT2D eigenvalue weighted by atomic mass is 35.5. The predicted molar refractivity (Wildman–Crippen MR) is 180 cm³/mol. The number of halogens is 8. The molecule has 4 rings (SSSR count). The highest BCUT2D eigenvalue weighted by Gasteiger charge is 2.33. The van der Waals surface area contributed by atoms with Crippen molar-refractivity contribution < 1.29 is 54.9 Å². The Hall–Kier alpha value is -4.50. The molecule has 0 spiro atoms. The van der Waals surface area contributed by atoms with E-state index < -0.39 is 60.1 Å². The van der Waals surface area contributed by atoms with Gasteiger partial charge in [0.1, 0.15) is 23.7 Å². The van der Waals surface area contributed by atoms with Gasteiger partial charge in [0, 0.05) is 22.9 Å². The number of rotatable bonds is 14. The van der Waals surface area contributed by atoms with Gasteiger partial charge in [-0.25, -0.2) is 9.59 Å². The Kier molecular flexibility index (Phi) is 13.8. The Labute approximate surface area is 304 Å². The number of nitrogens with one attached hydrogen (secondary N) is 2.